The number of hydrogen-bond donors (Lipinski definition) is 2. The van der Waals surface area contributed by atoms with Crippen molar-refractivity contribution >= 4 is 5.82 Å². The molecular formula is C13H21N3O2. The van der Waals surface area contributed by atoms with Crippen LogP contribution in [0.4, 0.5) is 5.82 Å². The minimum atomic E-state index is -0.232. The van der Waals surface area contributed by atoms with E-state index < -0.39 is 0 Å². The first-order valence-electron chi connectivity index (χ1n) is 6.20. The molecule has 2 heterocycles. The number of aliphatic hydroxyl groups is 1. The number of pyridine rings is 1. The fraction of sp³-hybridized carbons (Fsp3) is 0.615. The number of aromatic nitrogens is 1. The molecule has 18 heavy (non-hydrogen) atoms. The van der Waals surface area contributed by atoms with Crippen LogP contribution in [0.1, 0.15) is 19.4 Å². The summed E-state index contributed by atoms with van der Waals surface area (Å²) in [5.41, 5.74) is 6.58. The predicted molar refractivity (Wildman–Crippen MR) is 70.0 cm³/mol. The average molecular weight is 251 g/mol. The van der Waals surface area contributed by atoms with Gasteiger partial charge in [-0.1, -0.05) is 0 Å². The summed E-state index contributed by atoms with van der Waals surface area (Å²) in [4.78, 5) is 6.26. The molecule has 0 bridgehead atoms. The van der Waals surface area contributed by atoms with Crippen molar-refractivity contribution in [2.75, 3.05) is 25.4 Å². The van der Waals surface area contributed by atoms with Gasteiger partial charge in [0.15, 0.2) is 0 Å². The second kappa shape index (κ2) is 5.22. The Morgan fingerprint density at radius 1 is 1.61 bits per heavy atom. The number of ether oxygens (including phenoxy) is 1. The summed E-state index contributed by atoms with van der Waals surface area (Å²) in [5, 5.41) is 9.27. The van der Waals surface area contributed by atoms with Crippen LogP contribution < -0.4 is 5.73 Å². The maximum atomic E-state index is 9.27. The molecule has 5 nitrogen and oxygen atoms in total. The predicted octanol–water partition coefficient (Wildman–Crippen LogP) is 0.636. The quantitative estimate of drug-likeness (QED) is 0.824. The number of hydrogen-bond acceptors (Lipinski definition) is 5. The Bertz CT molecular complexity index is 409. The van der Waals surface area contributed by atoms with Crippen molar-refractivity contribution in [3.63, 3.8) is 0 Å². The van der Waals surface area contributed by atoms with Crippen LogP contribution in [0.2, 0.25) is 0 Å². The summed E-state index contributed by atoms with van der Waals surface area (Å²) in [7, 11) is 0. The van der Waals surface area contributed by atoms with E-state index in [9.17, 15) is 5.11 Å². The van der Waals surface area contributed by atoms with E-state index in [1.165, 1.54) is 0 Å². The molecule has 1 unspecified atom stereocenters. The molecule has 5 heteroatoms. The van der Waals surface area contributed by atoms with Gasteiger partial charge in [0, 0.05) is 25.8 Å². The lowest BCUT2D eigenvalue weighted by atomic mass is 10.0. The molecule has 1 aliphatic rings. The van der Waals surface area contributed by atoms with Gasteiger partial charge in [0.05, 0.1) is 18.3 Å². The minimum Gasteiger partial charge on any atom is -0.394 e. The standard InChI is InChI=1S/C13H21N3O2/c1-13(2)9-16(7-11(8-17)18-13)6-10-3-4-15-12(14)5-10/h3-5,11,17H,6-9H2,1-2H3,(H2,14,15). The van der Waals surface area contributed by atoms with Crippen molar-refractivity contribution in [1.82, 2.24) is 9.88 Å². The van der Waals surface area contributed by atoms with Gasteiger partial charge in [-0.05, 0) is 31.5 Å². The van der Waals surface area contributed by atoms with Crippen molar-refractivity contribution in [3.8, 4) is 0 Å². The second-order valence-corrected chi connectivity index (χ2v) is 5.44. The molecule has 2 rings (SSSR count). The largest absolute Gasteiger partial charge is 0.394 e. The Kier molecular flexibility index (Phi) is 3.85. The van der Waals surface area contributed by atoms with Crippen LogP contribution >= 0.6 is 0 Å². The van der Waals surface area contributed by atoms with Crippen molar-refractivity contribution < 1.29 is 9.84 Å². The number of anilines is 1. The molecule has 0 saturated carbocycles. The maximum absolute atomic E-state index is 9.27. The number of nitrogens with zero attached hydrogens (tertiary/aromatic N) is 2. The summed E-state index contributed by atoms with van der Waals surface area (Å²) in [6.45, 7) is 6.52. The van der Waals surface area contributed by atoms with Crippen LogP contribution in [0, 0.1) is 0 Å². The molecule has 1 aromatic heterocycles. The first-order chi connectivity index (χ1) is 8.48. The molecule has 0 amide bonds. The summed E-state index contributed by atoms with van der Waals surface area (Å²) in [6.07, 6.45) is 1.60. The number of aliphatic hydroxyl groups excluding tert-OH is 1. The maximum Gasteiger partial charge on any atom is 0.123 e. The molecule has 0 spiro atoms. The Labute approximate surface area is 108 Å². The number of morpholine rings is 1. The molecule has 1 atom stereocenters. The summed E-state index contributed by atoms with van der Waals surface area (Å²) < 4.78 is 5.79. The molecule has 1 fully saturated rings. The van der Waals surface area contributed by atoms with Crippen molar-refractivity contribution in [2.24, 2.45) is 0 Å². The Morgan fingerprint density at radius 2 is 2.39 bits per heavy atom. The van der Waals surface area contributed by atoms with Gasteiger partial charge >= 0.3 is 0 Å². The van der Waals surface area contributed by atoms with E-state index in [1.807, 2.05) is 26.0 Å². The molecule has 3 N–H and O–H groups in total. The number of nitrogens with two attached hydrogens (primary N) is 1. The van der Waals surface area contributed by atoms with E-state index in [0.29, 0.717) is 5.82 Å². The lowest BCUT2D eigenvalue weighted by Gasteiger charge is -2.42. The van der Waals surface area contributed by atoms with E-state index in [0.717, 1.165) is 25.2 Å². The van der Waals surface area contributed by atoms with E-state index in [4.69, 9.17) is 10.5 Å². The van der Waals surface area contributed by atoms with Crippen molar-refractivity contribution in [3.05, 3.63) is 23.9 Å². The van der Waals surface area contributed by atoms with Crippen LogP contribution in [-0.2, 0) is 11.3 Å². The molecule has 0 aromatic carbocycles. The SMILES string of the molecule is CC1(C)CN(Cc2ccnc(N)c2)CC(CO)O1. The van der Waals surface area contributed by atoms with Gasteiger partial charge in [-0.2, -0.15) is 0 Å². The third-order valence-corrected chi connectivity index (χ3v) is 3.01. The zero-order chi connectivity index (χ0) is 13.2. The molecular weight excluding hydrogens is 230 g/mol. The fourth-order valence-electron chi connectivity index (χ4n) is 2.48. The topological polar surface area (TPSA) is 71.6 Å². The van der Waals surface area contributed by atoms with Gasteiger partial charge in [-0.25, -0.2) is 4.98 Å². The van der Waals surface area contributed by atoms with Crippen LogP contribution in [0.25, 0.3) is 0 Å². The third kappa shape index (κ3) is 3.41. The Hall–Kier alpha value is -1.17. The highest BCUT2D eigenvalue weighted by molar-refractivity contribution is 5.31. The van der Waals surface area contributed by atoms with E-state index in [1.54, 1.807) is 6.20 Å². The number of rotatable bonds is 3. The van der Waals surface area contributed by atoms with Crippen molar-refractivity contribution in [2.45, 2.75) is 32.1 Å². The van der Waals surface area contributed by atoms with Crippen LogP contribution in [0.3, 0.4) is 0 Å². The molecule has 1 saturated heterocycles. The first-order valence-corrected chi connectivity index (χ1v) is 6.20. The number of nitrogen functional groups attached to an aromatic ring is 1. The highest BCUT2D eigenvalue weighted by Crippen LogP contribution is 2.22. The Balaban J connectivity index is 2.04. The van der Waals surface area contributed by atoms with Gasteiger partial charge in [-0.15, -0.1) is 0 Å². The lowest BCUT2D eigenvalue weighted by Crippen LogP contribution is -2.53. The van der Waals surface area contributed by atoms with Crippen molar-refractivity contribution in [1.29, 1.82) is 0 Å². The van der Waals surface area contributed by atoms with E-state index in [-0.39, 0.29) is 18.3 Å². The Morgan fingerprint density at radius 3 is 3.06 bits per heavy atom. The molecule has 1 aliphatic heterocycles. The van der Waals surface area contributed by atoms with E-state index in [2.05, 4.69) is 9.88 Å². The highest BCUT2D eigenvalue weighted by Gasteiger charge is 2.32. The molecule has 100 valence electrons. The second-order valence-electron chi connectivity index (χ2n) is 5.44. The average Bonchev–Trinajstić information content (AvgIpc) is 2.26. The van der Waals surface area contributed by atoms with Gasteiger partial charge in [-0.3, -0.25) is 4.90 Å². The minimum absolute atomic E-state index is 0.0540. The normalized spacial score (nSPS) is 24.1. The van der Waals surface area contributed by atoms with Gasteiger partial charge in [0.1, 0.15) is 5.82 Å². The van der Waals surface area contributed by atoms with Crippen LogP contribution in [-0.4, -0.2) is 46.4 Å². The van der Waals surface area contributed by atoms with Gasteiger partial charge in [0.2, 0.25) is 0 Å². The highest BCUT2D eigenvalue weighted by atomic mass is 16.5. The third-order valence-electron chi connectivity index (χ3n) is 3.01. The fourth-order valence-corrected chi connectivity index (χ4v) is 2.48. The molecule has 0 radical (unpaired) electrons. The zero-order valence-corrected chi connectivity index (χ0v) is 11.0. The van der Waals surface area contributed by atoms with Crippen LogP contribution in [0.5, 0.6) is 0 Å². The van der Waals surface area contributed by atoms with Gasteiger partial charge in [0.25, 0.3) is 0 Å². The lowest BCUT2D eigenvalue weighted by molar-refractivity contribution is -0.150. The molecule has 0 aliphatic carbocycles. The smallest absolute Gasteiger partial charge is 0.123 e. The molecule has 1 aromatic rings. The van der Waals surface area contributed by atoms with Gasteiger partial charge < -0.3 is 15.6 Å². The summed E-state index contributed by atoms with van der Waals surface area (Å²) in [6, 6.07) is 3.85. The monoisotopic (exact) mass is 251 g/mol. The zero-order valence-electron chi connectivity index (χ0n) is 11.0. The van der Waals surface area contributed by atoms with Crippen LogP contribution in [0.15, 0.2) is 18.3 Å². The summed E-state index contributed by atoms with van der Waals surface area (Å²) >= 11 is 0. The van der Waals surface area contributed by atoms with E-state index >= 15 is 0 Å². The summed E-state index contributed by atoms with van der Waals surface area (Å²) in [5.74, 6) is 0.540. The first kappa shape index (κ1) is 13.3.